The molecule has 0 spiro atoms. The zero-order valence-corrected chi connectivity index (χ0v) is 9.47. The number of H-pyrrole nitrogens is 1. The van der Waals surface area contributed by atoms with Crippen LogP contribution in [0.5, 0.6) is 0 Å². The molecule has 0 radical (unpaired) electrons. The molecule has 2 heterocycles. The molecule has 0 fully saturated rings. The highest BCUT2D eigenvalue weighted by Gasteiger charge is 2.10. The van der Waals surface area contributed by atoms with E-state index in [4.69, 9.17) is 10.3 Å². The predicted molar refractivity (Wildman–Crippen MR) is 60.7 cm³/mol. The number of furan rings is 1. The largest absolute Gasteiger partial charge is 0.467 e. The molecular weight excluding hydrogens is 259 g/mol. The van der Waals surface area contributed by atoms with Crippen molar-refractivity contribution in [3.63, 3.8) is 0 Å². The summed E-state index contributed by atoms with van der Waals surface area (Å²) in [6.45, 7) is -0.135. The Bertz CT molecular complexity index is 730. The standard InChI is InChI=1S/C10H9FN4O4/c11-7-3-15(10(18)13-9(7)17)2-6-1-5(4-19-6)8(16)14-12/h1,3-4H,2,12H2,(H,14,16)(H,13,17,18). The van der Waals surface area contributed by atoms with Crippen molar-refractivity contribution >= 4 is 5.91 Å². The maximum absolute atomic E-state index is 13.0. The van der Waals surface area contributed by atoms with Crippen LogP contribution in [-0.4, -0.2) is 15.5 Å². The molecule has 2 aromatic rings. The van der Waals surface area contributed by atoms with E-state index in [0.29, 0.717) is 0 Å². The molecule has 0 aliphatic heterocycles. The molecule has 2 aromatic heterocycles. The van der Waals surface area contributed by atoms with Gasteiger partial charge in [-0.05, 0) is 6.07 Å². The number of rotatable bonds is 3. The molecular formula is C10H9FN4O4. The minimum atomic E-state index is -1.09. The summed E-state index contributed by atoms with van der Waals surface area (Å²) in [6, 6.07) is 1.34. The van der Waals surface area contributed by atoms with E-state index in [2.05, 4.69) is 0 Å². The number of amides is 1. The first-order valence-corrected chi connectivity index (χ1v) is 5.09. The summed E-state index contributed by atoms with van der Waals surface area (Å²) in [4.78, 5) is 35.2. The van der Waals surface area contributed by atoms with Crippen molar-refractivity contribution in [2.24, 2.45) is 5.84 Å². The zero-order chi connectivity index (χ0) is 14.0. The first-order chi connectivity index (χ1) is 9.01. The van der Waals surface area contributed by atoms with Crippen LogP contribution < -0.4 is 22.5 Å². The Labute approximate surface area is 104 Å². The third-order valence-corrected chi connectivity index (χ3v) is 2.34. The molecule has 0 aliphatic rings. The molecule has 0 unspecified atom stereocenters. The van der Waals surface area contributed by atoms with Crippen molar-refractivity contribution in [1.82, 2.24) is 15.0 Å². The van der Waals surface area contributed by atoms with Crippen LogP contribution >= 0.6 is 0 Å². The van der Waals surface area contributed by atoms with E-state index in [1.165, 1.54) is 6.07 Å². The molecule has 0 aliphatic carbocycles. The number of nitrogen functional groups attached to an aromatic ring is 1. The lowest BCUT2D eigenvalue weighted by Gasteiger charge is -2.01. The molecule has 0 saturated heterocycles. The van der Waals surface area contributed by atoms with E-state index in [1.807, 2.05) is 5.43 Å². The minimum Gasteiger partial charge on any atom is -0.467 e. The molecule has 4 N–H and O–H groups in total. The lowest BCUT2D eigenvalue weighted by molar-refractivity contribution is 0.0953. The third kappa shape index (κ3) is 2.60. The van der Waals surface area contributed by atoms with E-state index in [1.54, 1.807) is 4.98 Å². The van der Waals surface area contributed by atoms with Gasteiger partial charge in [-0.25, -0.2) is 10.6 Å². The van der Waals surface area contributed by atoms with Crippen LogP contribution in [0.15, 0.2) is 32.5 Å². The highest BCUT2D eigenvalue weighted by Crippen LogP contribution is 2.08. The van der Waals surface area contributed by atoms with Crippen LogP contribution in [0.4, 0.5) is 4.39 Å². The van der Waals surface area contributed by atoms with Gasteiger partial charge >= 0.3 is 5.69 Å². The Hall–Kier alpha value is -2.68. The average molecular weight is 268 g/mol. The van der Waals surface area contributed by atoms with Gasteiger partial charge in [0.15, 0.2) is 0 Å². The van der Waals surface area contributed by atoms with Crippen molar-refractivity contribution in [2.75, 3.05) is 0 Å². The van der Waals surface area contributed by atoms with E-state index < -0.39 is 23.0 Å². The first kappa shape index (κ1) is 12.8. The number of halogens is 1. The van der Waals surface area contributed by atoms with Gasteiger partial charge in [0.05, 0.1) is 18.3 Å². The topological polar surface area (TPSA) is 123 Å². The lowest BCUT2D eigenvalue weighted by Crippen LogP contribution is -2.31. The SMILES string of the molecule is NNC(=O)c1coc(Cn2cc(F)c(=O)[nH]c2=O)c1. The maximum Gasteiger partial charge on any atom is 0.328 e. The fourth-order valence-corrected chi connectivity index (χ4v) is 1.43. The van der Waals surface area contributed by atoms with Crippen LogP contribution in [0.25, 0.3) is 0 Å². The minimum absolute atomic E-state index is 0.135. The molecule has 19 heavy (non-hydrogen) atoms. The number of carbonyl (C=O) groups is 1. The number of aromatic nitrogens is 2. The predicted octanol–water partition coefficient (Wildman–Crippen LogP) is -1.08. The highest BCUT2D eigenvalue weighted by molar-refractivity contribution is 5.93. The number of nitrogens with zero attached hydrogens (tertiary/aromatic N) is 1. The summed E-state index contributed by atoms with van der Waals surface area (Å²) >= 11 is 0. The van der Waals surface area contributed by atoms with Crippen molar-refractivity contribution in [2.45, 2.75) is 6.54 Å². The van der Waals surface area contributed by atoms with Crippen molar-refractivity contribution in [3.8, 4) is 0 Å². The van der Waals surface area contributed by atoms with Gasteiger partial charge in [-0.3, -0.25) is 24.6 Å². The molecule has 0 aromatic carbocycles. The fraction of sp³-hybridized carbons (Fsp3) is 0.100. The Morgan fingerprint density at radius 2 is 2.26 bits per heavy atom. The number of hydrogen-bond donors (Lipinski definition) is 3. The van der Waals surface area contributed by atoms with Crippen LogP contribution in [0, 0.1) is 5.82 Å². The van der Waals surface area contributed by atoms with Crippen molar-refractivity contribution < 1.29 is 13.6 Å². The first-order valence-electron chi connectivity index (χ1n) is 5.09. The quantitative estimate of drug-likeness (QED) is 0.371. The normalized spacial score (nSPS) is 10.4. The molecule has 2 rings (SSSR count). The summed E-state index contributed by atoms with van der Waals surface area (Å²) in [5.41, 5.74) is 0.196. The van der Waals surface area contributed by atoms with E-state index >= 15 is 0 Å². The molecule has 9 heteroatoms. The second kappa shape index (κ2) is 4.90. The lowest BCUT2D eigenvalue weighted by atomic mass is 10.3. The van der Waals surface area contributed by atoms with Gasteiger partial charge in [-0.15, -0.1) is 0 Å². The summed E-state index contributed by atoms with van der Waals surface area (Å²) in [6.07, 6.45) is 1.90. The van der Waals surface area contributed by atoms with Crippen LogP contribution in [-0.2, 0) is 6.54 Å². The zero-order valence-electron chi connectivity index (χ0n) is 9.47. The Morgan fingerprint density at radius 3 is 2.95 bits per heavy atom. The van der Waals surface area contributed by atoms with E-state index in [0.717, 1.165) is 17.0 Å². The van der Waals surface area contributed by atoms with E-state index in [9.17, 15) is 18.8 Å². The van der Waals surface area contributed by atoms with Gasteiger partial charge in [-0.2, -0.15) is 4.39 Å². The van der Waals surface area contributed by atoms with Crippen molar-refractivity contribution in [1.29, 1.82) is 0 Å². The van der Waals surface area contributed by atoms with Gasteiger partial charge in [-0.1, -0.05) is 0 Å². The monoisotopic (exact) mass is 268 g/mol. The summed E-state index contributed by atoms with van der Waals surface area (Å²) in [5.74, 6) is 3.52. The Kier molecular flexibility index (Phi) is 3.29. The van der Waals surface area contributed by atoms with Gasteiger partial charge in [0.25, 0.3) is 11.5 Å². The van der Waals surface area contributed by atoms with E-state index in [-0.39, 0.29) is 17.9 Å². The summed E-state index contributed by atoms with van der Waals surface area (Å²) < 4.78 is 19.0. The van der Waals surface area contributed by atoms with Gasteiger partial charge in [0.2, 0.25) is 5.82 Å². The van der Waals surface area contributed by atoms with Crippen LogP contribution in [0.1, 0.15) is 16.1 Å². The number of hydrazine groups is 1. The number of nitrogens with two attached hydrogens (primary N) is 1. The third-order valence-electron chi connectivity index (χ3n) is 2.34. The number of carbonyl (C=O) groups excluding carboxylic acids is 1. The average Bonchev–Trinajstić information content (AvgIpc) is 2.83. The van der Waals surface area contributed by atoms with Gasteiger partial charge < -0.3 is 4.42 Å². The molecule has 0 saturated carbocycles. The van der Waals surface area contributed by atoms with Crippen LogP contribution in [0.2, 0.25) is 0 Å². The number of aromatic amines is 1. The summed E-state index contributed by atoms with van der Waals surface area (Å²) in [7, 11) is 0. The molecule has 0 bridgehead atoms. The molecule has 8 nitrogen and oxygen atoms in total. The van der Waals surface area contributed by atoms with Gasteiger partial charge in [0, 0.05) is 0 Å². The second-order valence-corrected chi connectivity index (χ2v) is 3.64. The highest BCUT2D eigenvalue weighted by atomic mass is 19.1. The Morgan fingerprint density at radius 1 is 1.53 bits per heavy atom. The fourth-order valence-electron chi connectivity index (χ4n) is 1.43. The number of nitrogens with one attached hydrogen (secondary N) is 2. The number of hydrogen-bond acceptors (Lipinski definition) is 5. The van der Waals surface area contributed by atoms with Crippen LogP contribution in [0.3, 0.4) is 0 Å². The smallest absolute Gasteiger partial charge is 0.328 e. The summed E-state index contributed by atoms with van der Waals surface area (Å²) in [5, 5.41) is 0. The molecule has 100 valence electrons. The second-order valence-electron chi connectivity index (χ2n) is 3.64. The van der Waals surface area contributed by atoms with Crippen molar-refractivity contribution in [3.05, 3.63) is 56.5 Å². The maximum atomic E-state index is 13.0. The molecule has 0 atom stereocenters. The van der Waals surface area contributed by atoms with Gasteiger partial charge in [0.1, 0.15) is 12.0 Å². The Balaban J connectivity index is 2.29. The molecule has 1 amide bonds.